The standard InChI is InChI=1S/C21H27N3O2/c1-2-26-20-11-7-6-10-19(20)22-21(25)12-13-23-14-16-24(17-15-23)18-8-4-3-5-9-18/h3-11H,2,12-17H2,1H3,(H,22,25). The Kier molecular flexibility index (Phi) is 6.50. The maximum absolute atomic E-state index is 12.3. The lowest BCUT2D eigenvalue weighted by Gasteiger charge is -2.36. The van der Waals surface area contributed by atoms with Gasteiger partial charge in [0.25, 0.3) is 0 Å². The van der Waals surface area contributed by atoms with E-state index in [9.17, 15) is 4.79 Å². The summed E-state index contributed by atoms with van der Waals surface area (Å²) >= 11 is 0. The molecule has 26 heavy (non-hydrogen) atoms. The van der Waals surface area contributed by atoms with Gasteiger partial charge in [0.2, 0.25) is 5.91 Å². The number of nitrogens with one attached hydrogen (secondary N) is 1. The molecule has 1 amide bonds. The normalized spacial score (nSPS) is 14.9. The first-order valence-corrected chi connectivity index (χ1v) is 9.30. The van der Waals surface area contributed by atoms with Crippen LogP contribution in [0.15, 0.2) is 54.6 Å². The molecular weight excluding hydrogens is 326 g/mol. The van der Waals surface area contributed by atoms with Crippen molar-refractivity contribution in [3.05, 3.63) is 54.6 Å². The van der Waals surface area contributed by atoms with Crippen molar-refractivity contribution in [2.24, 2.45) is 0 Å². The molecule has 1 saturated heterocycles. The zero-order valence-electron chi connectivity index (χ0n) is 15.4. The van der Waals surface area contributed by atoms with Crippen LogP contribution in [0.1, 0.15) is 13.3 Å². The minimum atomic E-state index is 0.0302. The Labute approximate surface area is 155 Å². The maximum Gasteiger partial charge on any atom is 0.225 e. The average Bonchev–Trinajstić information content (AvgIpc) is 2.69. The Morgan fingerprint density at radius 3 is 2.42 bits per heavy atom. The summed E-state index contributed by atoms with van der Waals surface area (Å²) in [7, 11) is 0. The number of ether oxygens (including phenoxy) is 1. The van der Waals surface area contributed by atoms with E-state index in [1.54, 1.807) is 0 Å². The first-order valence-electron chi connectivity index (χ1n) is 9.30. The lowest BCUT2D eigenvalue weighted by atomic mass is 10.2. The average molecular weight is 353 g/mol. The van der Waals surface area contributed by atoms with Crippen LogP contribution in [0.5, 0.6) is 5.75 Å². The van der Waals surface area contributed by atoms with Crippen molar-refractivity contribution in [1.29, 1.82) is 0 Å². The van der Waals surface area contributed by atoms with Gasteiger partial charge in [-0.3, -0.25) is 9.69 Å². The molecule has 1 aliphatic heterocycles. The van der Waals surface area contributed by atoms with Gasteiger partial charge in [-0.2, -0.15) is 0 Å². The van der Waals surface area contributed by atoms with Crippen LogP contribution in [0.3, 0.4) is 0 Å². The van der Waals surface area contributed by atoms with E-state index in [2.05, 4.69) is 39.4 Å². The van der Waals surface area contributed by atoms with Crippen LogP contribution in [0, 0.1) is 0 Å². The molecule has 3 rings (SSSR count). The van der Waals surface area contributed by atoms with Gasteiger partial charge in [-0.25, -0.2) is 0 Å². The van der Waals surface area contributed by atoms with E-state index < -0.39 is 0 Å². The van der Waals surface area contributed by atoms with Crippen molar-refractivity contribution in [3.63, 3.8) is 0 Å². The molecule has 1 aliphatic rings. The predicted octanol–water partition coefficient (Wildman–Crippen LogP) is 3.24. The number of piperazine rings is 1. The van der Waals surface area contributed by atoms with Crippen LogP contribution in [-0.2, 0) is 4.79 Å². The highest BCUT2D eigenvalue weighted by Gasteiger charge is 2.18. The Bertz CT molecular complexity index is 697. The monoisotopic (exact) mass is 353 g/mol. The van der Waals surface area contributed by atoms with Gasteiger partial charge in [-0.05, 0) is 31.2 Å². The van der Waals surface area contributed by atoms with Crippen LogP contribution in [0.25, 0.3) is 0 Å². The van der Waals surface area contributed by atoms with Crippen molar-refractivity contribution in [1.82, 2.24) is 4.90 Å². The molecule has 0 radical (unpaired) electrons. The lowest BCUT2D eigenvalue weighted by molar-refractivity contribution is -0.116. The third-order valence-electron chi connectivity index (χ3n) is 4.61. The number of nitrogens with zero attached hydrogens (tertiary/aromatic N) is 2. The summed E-state index contributed by atoms with van der Waals surface area (Å²) in [6.07, 6.45) is 0.492. The number of amides is 1. The first-order chi connectivity index (χ1) is 12.8. The van der Waals surface area contributed by atoms with Gasteiger partial charge in [0.05, 0.1) is 12.3 Å². The fourth-order valence-corrected chi connectivity index (χ4v) is 3.19. The van der Waals surface area contributed by atoms with Crippen molar-refractivity contribution in [3.8, 4) is 5.75 Å². The predicted molar refractivity (Wildman–Crippen MR) is 106 cm³/mol. The van der Waals surface area contributed by atoms with Gasteiger partial charge < -0.3 is 15.0 Å². The lowest BCUT2D eigenvalue weighted by Crippen LogP contribution is -2.47. The molecule has 0 saturated carbocycles. The molecule has 0 spiro atoms. The summed E-state index contributed by atoms with van der Waals surface area (Å²) in [4.78, 5) is 17.0. The summed E-state index contributed by atoms with van der Waals surface area (Å²) in [6.45, 7) is 7.27. The van der Waals surface area contributed by atoms with E-state index in [1.807, 2.05) is 37.3 Å². The molecule has 1 N–H and O–H groups in total. The third-order valence-corrected chi connectivity index (χ3v) is 4.61. The van der Waals surface area contributed by atoms with Crippen molar-refractivity contribution in [2.45, 2.75) is 13.3 Å². The summed E-state index contributed by atoms with van der Waals surface area (Å²) in [5.41, 5.74) is 2.02. The van der Waals surface area contributed by atoms with Crippen LogP contribution < -0.4 is 15.0 Å². The molecule has 0 atom stereocenters. The Hall–Kier alpha value is -2.53. The summed E-state index contributed by atoms with van der Waals surface area (Å²) in [6, 6.07) is 18.1. The van der Waals surface area contributed by atoms with Gasteiger partial charge in [0, 0.05) is 44.8 Å². The Morgan fingerprint density at radius 2 is 1.69 bits per heavy atom. The molecule has 138 valence electrons. The molecule has 2 aromatic rings. The number of anilines is 2. The van der Waals surface area contributed by atoms with Gasteiger partial charge in [-0.15, -0.1) is 0 Å². The van der Waals surface area contributed by atoms with Crippen LogP contribution in [0.4, 0.5) is 11.4 Å². The van der Waals surface area contributed by atoms with Gasteiger partial charge >= 0.3 is 0 Å². The highest BCUT2D eigenvalue weighted by atomic mass is 16.5. The van der Waals surface area contributed by atoms with Gasteiger partial charge in [0.1, 0.15) is 5.75 Å². The zero-order valence-corrected chi connectivity index (χ0v) is 15.4. The molecule has 2 aromatic carbocycles. The topological polar surface area (TPSA) is 44.8 Å². The fraction of sp³-hybridized carbons (Fsp3) is 0.381. The molecule has 5 heteroatoms. The fourth-order valence-electron chi connectivity index (χ4n) is 3.19. The number of para-hydroxylation sites is 3. The Morgan fingerprint density at radius 1 is 1.00 bits per heavy atom. The Balaban J connectivity index is 1.43. The van der Waals surface area contributed by atoms with E-state index in [4.69, 9.17) is 4.74 Å². The number of hydrogen-bond donors (Lipinski definition) is 1. The summed E-state index contributed by atoms with van der Waals surface area (Å²) < 4.78 is 5.56. The summed E-state index contributed by atoms with van der Waals surface area (Å²) in [5.74, 6) is 0.752. The maximum atomic E-state index is 12.3. The van der Waals surface area contributed by atoms with Gasteiger partial charge in [-0.1, -0.05) is 30.3 Å². The van der Waals surface area contributed by atoms with E-state index in [0.717, 1.165) is 44.2 Å². The SMILES string of the molecule is CCOc1ccccc1NC(=O)CCN1CCN(c2ccccc2)CC1. The minimum Gasteiger partial charge on any atom is -0.492 e. The van der Waals surface area contributed by atoms with Gasteiger partial charge in [0.15, 0.2) is 0 Å². The number of carbonyl (C=O) groups excluding carboxylic acids is 1. The molecule has 0 aromatic heterocycles. The smallest absolute Gasteiger partial charge is 0.225 e. The highest BCUT2D eigenvalue weighted by molar-refractivity contribution is 5.92. The van der Waals surface area contributed by atoms with Crippen LogP contribution >= 0.6 is 0 Å². The van der Waals surface area contributed by atoms with Crippen molar-refractivity contribution >= 4 is 17.3 Å². The molecule has 0 aliphatic carbocycles. The second-order valence-electron chi connectivity index (χ2n) is 6.39. The third kappa shape index (κ3) is 4.99. The zero-order chi connectivity index (χ0) is 18.2. The second-order valence-corrected chi connectivity index (χ2v) is 6.39. The molecule has 0 bridgehead atoms. The van der Waals surface area contributed by atoms with E-state index in [-0.39, 0.29) is 5.91 Å². The molecular formula is C21H27N3O2. The quantitative estimate of drug-likeness (QED) is 0.830. The van der Waals surface area contributed by atoms with Crippen LogP contribution in [0.2, 0.25) is 0 Å². The molecule has 1 fully saturated rings. The number of carbonyl (C=O) groups is 1. The van der Waals surface area contributed by atoms with Crippen molar-refractivity contribution < 1.29 is 9.53 Å². The largest absolute Gasteiger partial charge is 0.492 e. The number of benzene rings is 2. The molecule has 5 nitrogen and oxygen atoms in total. The summed E-state index contributed by atoms with van der Waals surface area (Å²) in [5, 5.41) is 2.97. The second kappa shape index (κ2) is 9.25. The number of hydrogen-bond acceptors (Lipinski definition) is 4. The first kappa shape index (κ1) is 18.3. The molecule has 0 unspecified atom stereocenters. The van der Waals surface area contributed by atoms with E-state index in [0.29, 0.717) is 13.0 Å². The van der Waals surface area contributed by atoms with Crippen molar-refractivity contribution in [2.75, 3.05) is 49.5 Å². The minimum absolute atomic E-state index is 0.0302. The highest BCUT2D eigenvalue weighted by Crippen LogP contribution is 2.23. The molecule has 1 heterocycles. The van der Waals surface area contributed by atoms with E-state index in [1.165, 1.54) is 5.69 Å². The number of rotatable bonds is 7. The van der Waals surface area contributed by atoms with E-state index >= 15 is 0 Å². The van der Waals surface area contributed by atoms with Crippen LogP contribution in [-0.4, -0.2) is 50.1 Å².